The molecule has 0 aliphatic heterocycles. The highest BCUT2D eigenvalue weighted by atomic mass is 15.1. The second kappa shape index (κ2) is 12.7. The van der Waals surface area contributed by atoms with Gasteiger partial charge in [-0.15, -0.1) is 0 Å². The lowest BCUT2D eigenvalue weighted by atomic mass is 10.0. The molecule has 44 heavy (non-hydrogen) atoms. The third-order valence-corrected chi connectivity index (χ3v) is 8.09. The summed E-state index contributed by atoms with van der Waals surface area (Å²) in [6.45, 7) is 9.95. The van der Waals surface area contributed by atoms with E-state index in [1.165, 1.54) is 33.2 Å². The third-order valence-electron chi connectivity index (χ3n) is 8.09. The molecule has 6 aromatic rings. The lowest BCUT2D eigenvalue weighted by Gasteiger charge is -2.27. The van der Waals surface area contributed by atoms with Crippen LogP contribution in [0, 0.1) is 6.92 Å². The molecule has 0 fully saturated rings. The average Bonchev–Trinajstić information content (AvgIpc) is 3.08. The smallest absolute Gasteiger partial charge is 0.0540 e. The Hall–Kier alpha value is -5.60. The summed E-state index contributed by atoms with van der Waals surface area (Å²) in [6, 6.07) is 49.9. The Morgan fingerprint density at radius 2 is 1.18 bits per heavy atom. The molecule has 0 radical (unpaired) electrons. The molecule has 0 amide bonds. The summed E-state index contributed by atoms with van der Waals surface area (Å²) in [5.41, 5.74) is 11.4. The van der Waals surface area contributed by atoms with Crippen LogP contribution in [0.15, 0.2) is 171 Å². The number of anilines is 5. The number of benzene rings is 6. The van der Waals surface area contributed by atoms with Crippen molar-refractivity contribution >= 4 is 44.8 Å². The first-order chi connectivity index (χ1) is 21.6. The normalized spacial score (nSPS) is 11.3. The predicted molar refractivity (Wildman–Crippen MR) is 192 cm³/mol. The Kier molecular flexibility index (Phi) is 8.25. The van der Waals surface area contributed by atoms with Crippen LogP contribution in [-0.2, 0) is 0 Å². The van der Waals surface area contributed by atoms with Gasteiger partial charge in [0.25, 0.3) is 0 Å². The zero-order valence-corrected chi connectivity index (χ0v) is 25.3. The number of hydrogen-bond acceptors (Lipinski definition) is 2. The first kappa shape index (κ1) is 28.5. The van der Waals surface area contributed by atoms with Gasteiger partial charge in [0.1, 0.15) is 0 Å². The van der Waals surface area contributed by atoms with Crippen molar-refractivity contribution in [3.8, 4) is 11.1 Å². The predicted octanol–water partition coefficient (Wildman–Crippen LogP) is 11.8. The first-order valence-electron chi connectivity index (χ1n) is 14.9. The molecule has 0 saturated carbocycles. The number of fused-ring (bicyclic) bond motifs is 1. The largest absolute Gasteiger partial charge is 0.345 e. The molecule has 2 heteroatoms. The lowest BCUT2D eigenvalue weighted by Crippen LogP contribution is -2.10. The highest BCUT2D eigenvalue weighted by Crippen LogP contribution is 2.40. The fraction of sp³-hybridized carbons (Fsp3) is 0.0476. The van der Waals surface area contributed by atoms with Crippen molar-refractivity contribution in [2.75, 3.05) is 16.8 Å². The van der Waals surface area contributed by atoms with E-state index in [1.807, 2.05) is 12.2 Å². The van der Waals surface area contributed by atoms with Gasteiger partial charge in [-0.05, 0) is 94.7 Å². The van der Waals surface area contributed by atoms with E-state index in [0.717, 1.165) is 33.9 Å². The third kappa shape index (κ3) is 5.84. The molecule has 0 aliphatic carbocycles. The van der Waals surface area contributed by atoms with Gasteiger partial charge in [-0.3, -0.25) is 0 Å². The van der Waals surface area contributed by atoms with Crippen molar-refractivity contribution in [2.24, 2.45) is 0 Å². The van der Waals surface area contributed by atoms with E-state index in [4.69, 9.17) is 0 Å². The van der Waals surface area contributed by atoms with E-state index < -0.39 is 0 Å². The van der Waals surface area contributed by atoms with Crippen molar-refractivity contribution in [3.05, 3.63) is 182 Å². The summed E-state index contributed by atoms with van der Waals surface area (Å²) in [7, 11) is 2.11. The number of rotatable bonds is 9. The summed E-state index contributed by atoms with van der Waals surface area (Å²) in [5, 5.41) is 2.41. The SMILES string of the molecule is C=C/C=C(\C=C)c1ccc(N(c2ccc(-c3ccc(N(C)c4cccc(C)c4)cc3)cc2)c2cccc3ccccc23)cc1. The van der Waals surface area contributed by atoms with Gasteiger partial charge in [-0.1, -0.05) is 116 Å². The zero-order valence-electron chi connectivity index (χ0n) is 25.3. The molecule has 214 valence electrons. The van der Waals surface area contributed by atoms with Crippen LogP contribution in [0.4, 0.5) is 28.4 Å². The topological polar surface area (TPSA) is 6.48 Å². The van der Waals surface area contributed by atoms with Gasteiger partial charge in [0.05, 0.1) is 5.69 Å². The van der Waals surface area contributed by atoms with Gasteiger partial charge in [0.2, 0.25) is 0 Å². The Balaban J connectivity index is 1.35. The van der Waals surface area contributed by atoms with Crippen molar-refractivity contribution in [1.29, 1.82) is 0 Å². The van der Waals surface area contributed by atoms with Crippen LogP contribution in [0.25, 0.3) is 27.5 Å². The standard InChI is InChI=1S/C42H36N2/c1-5-11-32(6-2)33-20-26-38(27-21-33)44(42-17-10-14-36-13-7-8-16-41(36)42)39-28-22-35(23-29-39)34-18-24-37(25-19-34)43(4)40-15-9-12-31(3)30-40/h5-30H,1-2H2,3-4H3/b32-11+. The molecule has 2 nitrogen and oxygen atoms in total. The Morgan fingerprint density at radius 1 is 0.591 bits per heavy atom. The van der Waals surface area contributed by atoms with E-state index in [1.54, 1.807) is 6.08 Å². The zero-order chi connectivity index (χ0) is 30.5. The van der Waals surface area contributed by atoms with Gasteiger partial charge >= 0.3 is 0 Å². The molecule has 0 N–H and O–H groups in total. The van der Waals surface area contributed by atoms with Crippen LogP contribution in [0.2, 0.25) is 0 Å². The number of hydrogen-bond donors (Lipinski definition) is 0. The van der Waals surface area contributed by atoms with Gasteiger partial charge < -0.3 is 9.80 Å². The van der Waals surface area contributed by atoms with Crippen LogP contribution < -0.4 is 9.80 Å². The van der Waals surface area contributed by atoms with Crippen molar-refractivity contribution < 1.29 is 0 Å². The molecule has 0 unspecified atom stereocenters. The fourth-order valence-corrected chi connectivity index (χ4v) is 5.71. The molecule has 0 spiro atoms. The molecule has 0 saturated heterocycles. The maximum atomic E-state index is 3.98. The Bertz CT molecular complexity index is 1940. The van der Waals surface area contributed by atoms with E-state index in [-0.39, 0.29) is 0 Å². The fourth-order valence-electron chi connectivity index (χ4n) is 5.71. The van der Waals surface area contributed by atoms with E-state index in [0.29, 0.717) is 0 Å². The van der Waals surface area contributed by atoms with Crippen LogP contribution in [-0.4, -0.2) is 7.05 Å². The minimum absolute atomic E-state index is 1.05. The van der Waals surface area contributed by atoms with Gasteiger partial charge in [-0.2, -0.15) is 0 Å². The number of allylic oxidation sites excluding steroid dienone is 4. The van der Waals surface area contributed by atoms with Crippen molar-refractivity contribution in [2.45, 2.75) is 6.92 Å². The van der Waals surface area contributed by atoms with Crippen LogP contribution in [0.1, 0.15) is 11.1 Å². The van der Waals surface area contributed by atoms with Crippen LogP contribution >= 0.6 is 0 Å². The molecule has 0 bridgehead atoms. The van der Waals surface area contributed by atoms with Crippen molar-refractivity contribution in [3.63, 3.8) is 0 Å². The molecule has 6 aromatic carbocycles. The quantitative estimate of drug-likeness (QED) is 0.160. The van der Waals surface area contributed by atoms with Gasteiger partial charge in [-0.25, -0.2) is 0 Å². The molecule has 0 heterocycles. The molecule has 0 aromatic heterocycles. The summed E-state index contributed by atoms with van der Waals surface area (Å²) in [4.78, 5) is 4.55. The highest BCUT2D eigenvalue weighted by Gasteiger charge is 2.16. The summed E-state index contributed by atoms with van der Waals surface area (Å²) >= 11 is 0. The monoisotopic (exact) mass is 568 g/mol. The highest BCUT2D eigenvalue weighted by molar-refractivity contribution is 5.99. The minimum atomic E-state index is 1.05. The van der Waals surface area contributed by atoms with E-state index in [9.17, 15) is 0 Å². The van der Waals surface area contributed by atoms with E-state index in [2.05, 4.69) is 176 Å². The molecular weight excluding hydrogens is 532 g/mol. The maximum Gasteiger partial charge on any atom is 0.0540 e. The lowest BCUT2D eigenvalue weighted by molar-refractivity contribution is 1.20. The Morgan fingerprint density at radius 3 is 1.82 bits per heavy atom. The second-order valence-electron chi connectivity index (χ2n) is 10.9. The van der Waals surface area contributed by atoms with E-state index >= 15 is 0 Å². The van der Waals surface area contributed by atoms with Gasteiger partial charge in [0, 0.05) is 35.2 Å². The molecular formula is C42H36N2. The average molecular weight is 569 g/mol. The second-order valence-corrected chi connectivity index (χ2v) is 10.9. The van der Waals surface area contributed by atoms with Crippen molar-refractivity contribution in [1.82, 2.24) is 0 Å². The molecule has 0 aliphatic rings. The maximum absolute atomic E-state index is 3.98. The summed E-state index contributed by atoms with van der Waals surface area (Å²) in [6.07, 6.45) is 5.65. The molecule has 6 rings (SSSR count). The number of nitrogens with zero attached hydrogens (tertiary/aromatic N) is 2. The Labute approximate surface area is 261 Å². The first-order valence-corrected chi connectivity index (χ1v) is 14.9. The van der Waals surface area contributed by atoms with Gasteiger partial charge in [0.15, 0.2) is 0 Å². The summed E-state index contributed by atoms with van der Waals surface area (Å²) < 4.78 is 0. The summed E-state index contributed by atoms with van der Waals surface area (Å²) in [5.74, 6) is 0. The number of aryl methyl sites for hydroxylation is 1. The van der Waals surface area contributed by atoms with Crippen LogP contribution in [0.3, 0.4) is 0 Å². The van der Waals surface area contributed by atoms with Crippen LogP contribution in [0.5, 0.6) is 0 Å². The molecule has 0 atom stereocenters. The minimum Gasteiger partial charge on any atom is -0.345 e.